The molecular formula is C20H35IN8O. The van der Waals surface area contributed by atoms with Gasteiger partial charge in [-0.25, -0.2) is 9.48 Å². The zero-order valence-corrected chi connectivity index (χ0v) is 21.1. The van der Waals surface area contributed by atoms with Gasteiger partial charge in [-0.2, -0.15) is 10.2 Å². The smallest absolute Gasteiger partial charge is 0.345 e. The van der Waals surface area contributed by atoms with Crippen molar-refractivity contribution in [2.24, 2.45) is 12.0 Å². The molecule has 0 aromatic carbocycles. The number of aryl methyl sites for hydroxylation is 3. The molecule has 0 spiro atoms. The van der Waals surface area contributed by atoms with Gasteiger partial charge in [0.25, 0.3) is 0 Å². The lowest BCUT2D eigenvalue weighted by Gasteiger charge is -2.22. The molecule has 0 bridgehead atoms. The average Bonchev–Trinajstić information content (AvgIpc) is 3.22. The topological polar surface area (TPSA) is 85.3 Å². The maximum absolute atomic E-state index is 12.4. The van der Waals surface area contributed by atoms with Crippen LogP contribution in [-0.4, -0.2) is 55.6 Å². The molecule has 0 aliphatic carbocycles. The Bertz CT molecular complexity index is 911. The van der Waals surface area contributed by atoms with E-state index in [0.29, 0.717) is 12.5 Å². The van der Waals surface area contributed by atoms with Gasteiger partial charge in [0.15, 0.2) is 5.96 Å². The Labute approximate surface area is 195 Å². The number of aromatic nitrogens is 5. The molecule has 0 amide bonds. The zero-order chi connectivity index (χ0) is 21.0. The molecule has 0 saturated carbocycles. The third-order valence-corrected chi connectivity index (χ3v) is 5.33. The van der Waals surface area contributed by atoms with Gasteiger partial charge in [0.1, 0.15) is 5.82 Å². The zero-order valence-electron chi connectivity index (χ0n) is 18.8. The maximum atomic E-state index is 12.4. The van der Waals surface area contributed by atoms with Crippen molar-refractivity contribution in [2.75, 3.05) is 20.6 Å². The molecule has 0 atom stereocenters. The van der Waals surface area contributed by atoms with Crippen LogP contribution in [0.15, 0.2) is 16.0 Å². The van der Waals surface area contributed by atoms with Gasteiger partial charge in [0.05, 0.1) is 5.69 Å². The number of hydrogen-bond donors (Lipinski definition) is 1. The van der Waals surface area contributed by atoms with Crippen LogP contribution in [0.2, 0.25) is 0 Å². The van der Waals surface area contributed by atoms with Crippen LogP contribution >= 0.6 is 24.0 Å². The second-order valence-electron chi connectivity index (χ2n) is 8.08. The number of rotatable bonds is 7. The fourth-order valence-electron chi connectivity index (χ4n) is 3.90. The minimum atomic E-state index is 0. The van der Waals surface area contributed by atoms with E-state index in [1.165, 1.54) is 5.56 Å². The summed E-state index contributed by atoms with van der Waals surface area (Å²) < 4.78 is 5.31. The summed E-state index contributed by atoms with van der Waals surface area (Å²) in [5.41, 5.74) is 2.36. The van der Waals surface area contributed by atoms with Gasteiger partial charge < -0.3 is 10.2 Å². The van der Waals surface area contributed by atoms with Crippen molar-refractivity contribution in [2.45, 2.75) is 65.1 Å². The first-order chi connectivity index (χ1) is 13.9. The summed E-state index contributed by atoms with van der Waals surface area (Å²) in [4.78, 5) is 18.9. The molecule has 3 heterocycles. The SMILES string of the molecule is CN=C(NCCCn1nc2n(c1=O)CCCC2)N(C)Cc1cn(C)nc1C(C)C.I. The molecule has 0 radical (unpaired) electrons. The first-order valence-corrected chi connectivity index (χ1v) is 10.5. The number of guanidine groups is 1. The van der Waals surface area contributed by atoms with Gasteiger partial charge in [0.2, 0.25) is 0 Å². The van der Waals surface area contributed by atoms with Gasteiger partial charge in [0, 0.05) is 65.5 Å². The highest BCUT2D eigenvalue weighted by atomic mass is 127. The lowest BCUT2D eigenvalue weighted by Crippen LogP contribution is -2.39. The quantitative estimate of drug-likeness (QED) is 0.256. The van der Waals surface area contributed by atoms with Gasteiger partial charge in [-0.05, 0) is 25.2 Å². The molecule has 10 heteroatoms. The van der Waals surface area contributed by atoms with E-state index in [1.807, 2.05) is 23.3 Å². The van der Waals surface area contributed by atoms with Crippen molar-refractivity contribution in [1.29, 1.82) is 0 Å². The molecule has 0 unspecified atom stereocenters. The van der Waals surface area contributed by atoms with Crippen molar-refractivity contribution in [3.8, 4) is 0 Å². The molecule has 1 aliphatic heterocycles. The van der Waals surface area contributed by atoms with Crippen LogP contribution in [0.4, 0.5) is 0 Å². The highest BCUT2D eigenvalue weighted by molar-refractivity contribution is 14.0. The Morgan fingerprint density at radius 1 is 1.33 bits per heavy atom. The maximum Gasteiger partial charge on any atom is 0.345 e. The molecule has 0 saturated heterocycles. The third kappa shape index (κ3) is 5.64. The summed E-state index contributed by atoms with van der Waals surface area (Å²) >= 11 is 0. The van der Waals surface area contributed by atoms with Gasteiger partial charge in [-0.15, -0.1) is 24.0 Å². The number of nitrogens with one attached hydrogen (secondary N) is 1. The van der Waals surface area contributed by atoms with Gasteiger partial charge in [-0.3, -0.25) is 14.2 Å². The summed E-state index contributed by atoms with van der Waals surface area (Å²) in [6, 6.07) is 0. The van der Waals surface area contributed by atoms with E-state index in [2.05, 4.69) is 45.5 Å². The number of aliphatic imine (C=N–C) groups is 1. The molecule has 30 heavy (non-hydrogen) atoms. The Morgan fingerprint density at radius 3 is 2.77 bits per heavy atom. The molecule has 2 aromatic heterocycles. The van der Waals surface area contributed by atoms with Crippen molar-refractivity contribution < 1.29 is 0 Å². The van der Waals surface area contributed by atoms with Crippen LogP contribution in [-0.2, 0) is 33.1 Å². The van der Waals surface area contributed by atoms with Crippen LogP contribution in [0.25, 0.3) is 0 Å². The molecule has 1 aliphatic rings. The number of nitrogens with zero attached hydrogens (tertiary/aromatic N) is 7. The second-order valence-corrected chi connectivity index (χ2v) is 8.08. The monoisotopic (exact) mass is 530 g/mol. The third-order valence-electron chi connectivity index (χ3n) is 5.33. The van der Waals surface area contributed by atoms with Gasteiger partial charge in [-0.1, -0.05) is 13.8 Å². The van der Waals surface area contributed by atoms with Crippen LogP contribution in [0.3, 0.4) is 0 Å². The standard InChI is InChI=1S/C20H34N8O.HI/c1-15(2)18-16(14-26(5)24-18)13-25(4)19(21-3)22-10-8-12-28-20(29)27-11-7-6-9-17(27)23-28;/h14-15H,6-13H2,1-5H3,(H,21,22);1H. The predicted octanol–water partition coefficient (Wildman–Crippen LogP) is 1.95. The van der Waals surface area contributed by atoms with Crippen molar-refractivity contribution in [3.63, 3.8) is 0 Å². The second kappa shape index (κ2) is 11.0. The van der Waals surface area contributed by atoms with Crippen molar-refractivity contribution >= 4 is 29.9 Å². The molecule has 1 N–H and O–H groups in total. The Kier molecular flexibility index (Phi) is 8.92. The van der Waals surface area contributed by atoms with Gasteiger partial charge >= 0.3 is 5.69 Å². The first kappa shape index (κ1) is 24.4. The molecule has 3 rings (SSSR count). The van der Waals surface area contributed by atoms with Crippen molar-refractivity contribution in [3.05, 3.63) is 33.8 Å². The summed E-state index contributed by atoms with van der Waals surface area (Å²) in [6.45, 7) is 7.22. The van der Waals surface area contributed by atoms with E-state index in [1.54, 1.807) is 11.7 Å². The van der Waals surface area contributed by atoms with E-state index in [4.69, 9.17) is 0 Å². The molecule has 9 nitrogen and oxygen atoms in total. The minimum Gasteiger partial charge on any atom is -0.356 e. The van der Waals surface area contributed by atoms with Crippen molar-refractivity contribution in [1.82, 2.24) is 34.3 Å². The minimum absolute atomic E-state index is 0. The summed E-state index contributed by atoms with van der Waals surface area (Å²) in [6.07, 6.45) is 5.98. The number of hydrogen-bond acceptors (Lipinski definition) is 4. The fourth-order valence-corrected chi connectivity index (χ4v) is 3.90. The highest BCUT2D eigenvalue weighted by Crippen LogP contribution is 2.18. The summed E-state index contributed by atoms with van der Waals surface area (Å²) in [7, 11) is 5.78. The van der Waals surface area contributed by atoms with Crippen LogP contribution in [0.1, 0.15) is 56.1 Å². The molecule has 168 valence electrons. The molecular weight excluding hydrogens is 495 g/mol. The Morgan fingerprint density at radius 2 is 2.10 bits per heavy atom. The number of halogens is 1. The first-order valence-electron chi connectivity index (χ1n) is 10.5. The Balaban J connectivity index is 0.00000320. The van der Waals surface area contributed by atoms with E-state index >= 15 is 0 Å². The average molecular weight is 530 g/mol. The van der Waals surface area contributed by atoms with Crippen LogP contribution in [0.5, 0.6) is 0 Å². The van der Waals surface area contributed by atoms with E-state index in [9.17, 15) is 4.79 Å². The van der Waals surface area contributed by atoms with E-state index < -0.39 is 0 Å². The lowest BCUT2D eigenvalue weighted by atomic mass is 10.1. The van der Waals surface area contributed by atoms with Crippen LogP contribution < -0.4 is 11.0 Å². The fraction of sp³-hybridized carbons (Fsp3) is 0.700. The highest BCUT2D eigenvalue weighted by Gasteiger charge is 2.17. The summed E-state index contributed by atoms with van der Waals surface area (Å²) in [5, 5.41) is 12.5. The molecule has 0 fully saturated rings. The predicted molar refractivity (Wildman–Crippen MR) is 130 cm³/mol. The lowest BCUT2D eigenvalue weighted by molar-refractivity contribution is 0.466. The molecule has 2 aromatic rings. The Hall–Kier alpha value is -1.85. The van der Waals surface area contributed by atoms with E-state index in [-0.39, 0.29) is 29.7 Å². The van der Waals surface area contributed by atoms with Crippen LogP contribution in [0, 0.1) is 0 Å². The number of fused-ring (bicyclic) bond motifs is 1. The largest absolute Gasteiger partial charge is 0.356 e. The summed E-state index contributed by atoms with van der Waals surface area (Å²) in [5.74, 6) is 2.15. The normalized spacial score (nSPS) is 13.9. The van der Waals surface area contributed by atoms with E-state index in [0.717, 1.165) is 62.8 Å².